The largest absolute Gasteiger partial charge is 0.503 e. The van der Waals surface area contributed by atoms with Gasteiger partial charge in [-0.1, -0.05) is 65.2 Å². The molecule has 0 saturated heterocycles. The van der Waals surface area contributed by atoms with Crippen molar-refractivity contribution < 1.29 is 9.90 Å². The van der Waals surface area contributed by atoms with Crippen LogP contribution in [0.4, 0.5) is 5.69 Å². The lowest BCUT2D eigenvalue weighted by atomic mass is 9.93. The van der Waals surface area contributed by atoms with E-state index in [1.165, 1.54) is 0 Å². The highest BCUT2D eigenvalue weighted by Gasteiger charge is 2.41. The molecule has 1 heterocycles. The molecule has 3 aromatic carbocycles. The Labute approximate surface area is 173 Å². The maximum Gasteiger partial charge on any atom is 0.294 e. The second-order valence-electron chi connectivity index (χ2n) is 6.73. The molecule has 1 N–H and O–H groups in total. The molecule has 0 fully saturated rings. The van der Waals surface area contributed by atoms with Gasteiger partial charge in [-0.2, -0.15) is 0 Å². The van der Waals surface area contributed by atoms with Crippen LogP contribution in [-0.4, -0.2) is 11.0 Å². The van der Waals surface area contributed by atoms with Gasteiger partial charge in [-0.15, -0.1) is 0 Å². The van der Waals surface area contributed by atoms with Crippen molar-refractivity contribution in [2.75, 3.05) is 4.90 Å². The number of aryl methyl sites for hydroxylation is 1. The van der Waals surface area contributed by atoms with Crippen molar-refractivity contribution in [1.82, 2.24) is 0 Å². The molecule has 0 radical (unpaired) electrons. The number of rotatable bonds is 3. The Kier molecular flexibility index (Phi) is 4.88. The highest BCUT2D eigenvalue weighted by molar-refractivity contribution is 6.31. The zero-order valence-electron chi connectivity index (χ0n) is 15.1. The first kappa shape index (κ1) is 18.6. The van der Waals surface area contributed by atoms with Crippen LogP contribution in [0.15, 0.2) is 78.6 Å². The summed E-state index contributed by atoms with van der Waals surface area (Å²) in [6, 6.07) is 21.6. The lowest BCUT2D eigenvalue weighted by molar-refractivity contribution is -0.117. The number of benzene rings is 3. The Morgan fingerprint density at radius 1 is 0.821 bits per heavy atom. The maximum absolute atomic E-state index is 13.1. The number of amides is 1. The van der Waals surface area contributed by atoms with Crippen molar-refractivity contribution in [2.24, 2.45) is 0 Å². The van der Waals surface area contributed by atoms with Gasteiger partial charge < -0.3 is 5.11 Å². The Hall–Kier alpha value is -2.75. The van der Waals surface area contributed by atoms with E-state index in [2.05, 4.69) is 0 Å². The van der Waals surface area contributed by atoms with Crippen LogP contribution >= 0.6 is 23.2 Å². The first-order chi connectivity index (χ1) is 13.5. The Bertz CT molecular complexity index is 1060. The van der Waals surface area contributed by atoms with E-state index in [1.807, 2.05) is 43.3 Å². The fraction of sp³-hybridized carbons (Fsp3) is 0.0870. The highest BCUT2D eigenvalue weighted by atomic mass is 35.5. The maximum atomic E-state index is 13.1. The Morgan fingerprint density at radius 3 is 1.93 bits per heavy atom. The average Bonchev–Trinajstić information content (AvgIpc) is 2.95. The first-order valence-electron chi connectivity index (χ1n) is 8.80. The van der Waals surface area contributed by atoms with E-state index >= 15 is 0 Å². The number of carbonyl (C=O) groups excluding carboxylic acids is 1. The number of halogens is 2. The molecule has 0 aliphatic carbocycles. The van der Waals surface area contributed by atoms with Gasteiger partial charge in [0.05, 0.1) is 6.04 Å². The van der Waals surface area contributed by atoms with Gasteiger partial charge in [0.1, 0.15) is 0 Å². The van der Waals surface area contributed by atoms with Crippen LogP contribution in [0.25, 0.3) is 5.57 Å². The molecule has 28 heavy (non-hydrogen) atoms. The fourth-order valence-electron chi connectivity index (χ4n) is 3.46. The van der Waals surface area contributed by atoms with E-state index in [1.54, 1.807) is 41.3 Å². The Balaban J connectivity index is 1.90. The number of aliphatic hydroxyl groups excluding tert-OH is 1. The summed E-state index contributed by atoms with van der Waals surface area (Å²) in [7, 11) is 0. The first-order valence-corrected chi connectivity index (χ1v) is 9.56. The molecule has 3 nitrogen and oxygen atoms in total. The van der Waals surface area contributed by atoms with Crippen molar-refractivity contribution in [3.63, 3.8) is 0 Å². The van der Waals surface area contributed by atoms with Crippen molar-refractivity contribution in [3.05, 3.63) is 105 Å². The van der Waals surface area contributed by atoms with Gasteiger partial charge in [0.2, 0.25) is 0 Å². The van der Waals surface area contributed by atoms with Crippen molar-refractivity contribution in [1.29, 1.82) is 0 Å². The van der Waals surface area contributed by atoms with Crippen LogP contribution in [0, 0.1) is 6.92 Å². The van der Waals surface area contributed by atoms with Crippen LogP contribution in [-0.2, 0) is 4.79 Å². The van der Waals surface area contributed by atoms with Gasteiger partial charge in [0.25, 0.3) is 5.91 Å². The van der Waals surface area contributed by atoms with E-state index < -0.39 is 11.9 Å². The molecule has 5 heteroatoms. The summed E-state index contributed by atoms with van der Waals surface area (Å²) in [6.07, 6.45) is 0. The smallest absolute Gasteiger partial charge is 0.294 e. The van der Waals surface area contributed by atoms with Crippen LogP contribution in [0.2, 0.25) is 10.0 Å². The zero-order valence-corrected chi connectivity index (χ0v) is 16.6. The molecule has 1 aliphatic rings. The number of anilines is 1. The topological polar surface area (TPSA) is 40.5 Å². The lowest BCUT2D eigenvalue weighted by Gasteiger charge is -2.27. The standard InChI is InChI=1S/C23H17Cl2NO2/c1-14-2-4-15(5-3-14)20-21(16-6-8-17(24)9-7-16)26(23(28)22(20)27)19-12-10-18(25)11-13-19/h2-13,21,27H,1H3/t21-/m0/s1. The normalized spacial score (nSPS) is 16.8. The number of aliphatic hydroxyl groups is 1. The third kappa shape index (κ3) is 3.28. The summed E-state index contributed by atoms with van der Waals surface area (Å²) in [6.45, 7) is 1.99. The van der Waals surface area contributed by atoms with Gasteiger partial charge in [-0.05, 0) is 54.4 Å². The van der Waals surface area contributed by atoms with E-state index in [0.717, 1.165) is 16.7 Å². The Morgan fingerprint density at radius 2 is 1.36 bits per heavy atom. The molecule has 1 amide bonds. The third-order valence-corrected chi connectivity index (χ3v) is 5.37. The van der Waals surface area contributed by atoms with Crippen LogP contribution in [0.5, 0.6) is 0 Å². The minimum atomic E-state index is -0.478. The molecular weight excluding hydrogens is 393 g/mol. The van der Waals surface area contributed by atoms with Crippen molar-refractivity contribution in [2.45, 2.75) is 13.0 Å². The molecule has 140 valence electrons. The molecule has 0 spiro atoms. The van der Waals surface area contributed by atoms with E-state index in [0.29, 0.717) is 21.3 Å². The van der Waals surface area contributed by atoms with E-state index in [-0.39, 0.29) is 5.76 Å². The summed E-state index contributed by atoms with van der Waals surface area (Å²) in [5.74, 6) is -0.698. The average molecular weight is 410 g/mol. The molecule has 3 aromatic rings. The quantitative estimate of drug-likeness (QED) is 0.546. The summed E-state index contributed by atoms with van der Waals surface area (Å²) < 4.78 is 0. The summed E-state index contributed by atoms with van der Waals surface area (Å²) in [5.41, 5.74) is 3.98. The van der Waals surface area contributed by atoms with Gasteiger partial charge in [0, 0.05) is 21.3 Å². The number of hydrogen-bond donors (Lipinski definition) is 1. The lowest BCUT2D eigenvalue weighted by Crippen LogP contribution is -2.30. The molecule has 4 rings (SSSR count). The molecule has 0 unspecified atom stereocenters. The highest BCUT2D eigenvalue weighted by Crippen LogP contribution is 2.45. The molecule has 0 bridgehead atoms. The predicted molar refractivity (Wildman–Crippen MR) is 114 cm³/mol. The van der Waals surface area contributed by atoms with E-state index in [9.17, 15) is 9.90 Å². The molecule has 0 saturated carbocycles. The monoisotopic (exact) mass is 409 g/mol. The van der Waals surface area contributed by atoms with Crippen molar-refractivity contribution in [3.8, 4) is 0 Å². The molecular formula is C23H17Cl2NO2. The fourth-order valence-corrected chi connectivity index (χ4v) is 3.71. The SMILES string of the molecule is Cc1ccc(C2=C(O)C(=O)N(c3ccc(Cl)cc3)[C@H]2c2ccc(Cl)cc2)cc1. The van der Waals surface area contributed by atoms with Gasteiger partial charge in [0.15, 0.2) is 5.76 Å². The second-order valence-corrected chi connectivity index (χ2v) is 7.61. The van der Waals surface area contributed by atoms with Gasteiger partial charge in [-0.3, -0.25) is 9.69 Å². The zero-order chi connectivity index (χ0) is 19.8. The van der Waals surface area contributed by atoms with Crippen LogP contribution in [0.3, 0.4) is 0 Å². The van der Waals surface area contributed by atoms with Crippen LogP contribution < -0.4 is 4.90 Å². The number of carbonyl (C=O) groups is 1. The third-order valence-electron chi connectivity index (χ3n) is 4.86. The number of hydrogen-bond acceptors (Lipinski definition) is 2. The minimum absolute atomic E-state index is 0.251. The second kappa shape index (κ2) is 7.34. The van der Waals surface area contributed by atoms with Gasteiger partial charge >= 0.3 is 0 Å². The van der Waals surface area contributed by atoms with Crippen LogP contribution in [0.1, 0.15) is 22.7 Å². The number of nitrogens with zero attached hydrogens (tertiary/aromatic N) is 1. The van der Waals surface area contributed by atoms with E-state index in [4.69, 9.17) is 23.2 Å². The van der Waals surface area contributed by atoms with Gasteiger partial charge in [-0.25, -0.2) is 0 Å². The summed E-state index contributed by atoms with van der Waals surface area (Å²) in [5, 5.41) is 12.0. The molecule has 1 aliphatic heterocycles. The molecule has 1 atom stereocenters. The summed E-state index contributed by atoms with van der Waals surface area (Å²) in [4.78, 5) is 14.6. The molecule has 0 aromatic heterocycles. The minimum Gasteiger partial charge on any atom is -0.503 e. The summed E-state index contributed by atoms with van der Waals surface area (Å²) >= 11 is 12.1. The van der Waals surface area contributed by atoms with Crippen molar-refractivity contribution >= 4 is 40.4 Å². The predicted octanol–water partition coefficient (Wildman–Crippen LogP) is 6.36.